The first kappa shape index (κ1) is 29.8. The molecule has 4 rings (SSSR count). The predicted octanol–water partition coefficient (Wildman–Crippen LogP) is 2.55. The number of ether oxygens (including phenoxy) is 4. The molecule has 3 amide bonds. The van der Waals surface area contributed by atoms with Crippen LogP contribution in [0.4, 0.5) is 0 Å². The van der Waals surface area contributed by atoms with E-state index in [2.05, 4.69) is 15.6 Å². The van der Waals surface area contributed by atoms with Crippen LogP contribution in [-0.4, -0.2) is 86.9 Å². The van der Waals surface area contributed by atoms with Crippen molar-refractivity contribution in [2.75, 3.05) is 53.7 Å². The van der Waals surface area contributed by atoms with Gasteiger partial charge in [-0.05, 0) is 43.7 Å². The summed E-state index contributed by atoms with van der Waals surface area (Å²) in [7, 11) is 3.04. The Labute approximate surface area is 238 Å². The summed E-state index contributed by atoms with van der Waals surface area (Å²) in [6.45, 7) is 5.31. The molecule has 0 saturated carbocycles. The summed E-state index contributed by atoms with van der Waals surface area (Å²) in [6.07, 6.45) is 2.51. The van der Waals surface area contributed by atoms with Crippen LogP contribution in [0.2, 0.25) is 0 Å². The molecule has 1 aromatic carbocycles. The number of carbonyl (C=O) groups excluding carboxylic acids is 3. The fourth-order valence-electron chi connectivity index (χ4n) is 4.54. The molecule has 12 nitrogen and oxygen atoms in total. The van der Waals surface area contributed by atoms with Crippen molar-refractivity contribution in [3.63, 3.8) is 0 Å². The zero-order valence-corrected chi connectivity index (χ0v) is 23.8. The quantitative estimate of drug-likeness (QED) is 0.298. The van der Waals surface area contributed by atoms with Gasteiger partial charge in [-0.2, -0.15) is 0 Å². The molecule has 0 spiro atoms. The minimum absolute atomic E-state index is 0.0513. The number of hydrogen-bond donors (Lipinski definition) is 2. The number of hydrogen-bond acceptors (Lipinski definition) is 9. The average Bonchev–Trinajstić information content (AvgIpc) is 3.31. The number of furan rings is 1. The van der Waals surface area contributed by atoms with Crippen LogP contribution in [0.1, 0.15) is 46.9 Å². The van der Waals surface area contributed by atoms with E-state index in [1.54, 1.807) is 43.5 Å². The van der Waals surface area contributed by atoms with Crippen molar-refractivity contribution in [1.29, 1.82) is 0 Å². The van der Waals surface area contributed by atoms with E-state index in [1.807, 2.05) is 6.92 Å². The van der Waals surface area contributed by atoms with Crippen LogP contribution in [0.15, 0.2) is 40.9 Å². The number of benzene rings is 1. The molecule has 3 heterocycles. The van der Waals surface area contributed by atoms with E-state index in [9.17, 15) is 14.4 Å². The Bertz CT molecular complexity index is 1390. The summed E-state index contributed by atoms with van der Waals surface area (Å²) in [6, 6.07) is 8.35. The van der Waals surface area contributed by atoms with Gasteiger partial charge in [0.05, 0.1) is 32.3 Å². The number of nitrogens with zero attached hydrogens (tertiary/aromatic N) is 2. The minimum atomic E-state index is -1.40. The van der Waals surface area contributed by atoms with Gasteiger partial charge in [0.1, 0.15) is 23.6 Å². The highest BCUT2D eigenvalue weighted by atomic mass is 16.5. The topological polar surface area (TPSA) is 141 Å². The van der Waals surface area contributed by atoms with Crippen molar-refractivity contribution in [2.24, 2.45) is 0 Å². The molecule has 1 unspecified atom stereocenters. The van der Waals surface area contributed by atoms with Gasteiger partial charge < -0.3 is 38.9 Å². The van der Waals surface area contributed by atoms with Gasteiger partial charge in [-0.15, -0.1) is 0 Å². The number of pyridine rings is 1. The molecule has 0 fully saturated rings. The van der Waals surface area contributed by atoms with Crippen LogP contribution in [-0.2, 0) is 20.8 Å². The normalized spacial score (nSPS) is 16.6. The van der Waals surface area contributed by atoms with Gasteiger partial charge in [0.2, 0.25) is 11.7 Å². The third-order valence-electron chi connectivity index (χ3n) is 6.81. The first-order chi connectivity index (χ1) is 19.8. The van der Waals surface area contributed by atoms with Crippen LogP contribution in [0.3, 0.4) is 0 Å². The molecular formula is C29H36N4O8. The van der Waals surface area contributed by atoms with E-state index in [1.165, 1.54) is 19.1 Å². The summed E-state index contributed by atoms with van der Waals surface area (Å²) in [5.74, 6) is -0.559. The number of amides is 3. The van der Waals surface area contributed by atoms with E-state index in [0.29, 0.717) is 47.7 Å². The van der Waals surface area contributed by atoms with Crippen LogP contribution in [0.5, 0.6) is 11.5 Å². The molecule has 1 atom stereocenters. The maximum atomic E-state index is 13.8. The molecule has 0 radical (unpaired) electrons. The van der Waals surface area contributed by atoms with Crippen molar-refractivity contribution in [3.8, 4) is 11.5 Å². The lowest BCUT2D eigenvalue weighted by atomic mass is 9.99. The Balaban J connectivity index is 1.56. The first-order valence-corrected chi connectivity index (χ1v) is 13.5. The Hall–Kier alpha value is -4.16. The third kappa shape index (κ3) is 6.44. The standard InChI is InChI=1S/C29H36N4O8/c1-5-13-39-14-11-31-26(34)19-8-9-20-23(16-19)41-25-24(20)40-18-29(2,33(27(25)35)12-15-37-3)28(36)32-17-21-22(38-4)7-6-10-30-21/h6-10,16H,5,11-15,17-18H2,1-4H3,(H,31,34)(H,32,36). The van der Waals surface area contributed by atoms with Gasteiger partial charge in [-0.25, -0.2) is 0 Å². The van der Waals surface area contributed by atoms with Crippen molar-refractivity contribution >= 4 is 28.7 Å². The van der Waals surface area contributed by atoms with Gasteiger partial charge >= 0.3 is 0 Å². The fourth-order valence-corrected chi connectivity index (χ4v) is 4.54. The molecule has 2 N–H and O–H groups in total. The smallest absolute Gasteiger partial charge is 0.294 e. The largest absolute Gasteiger partial charge is 0.495 e. The van der Waals surface area contributed by atoms with Crippen LogP contribution >= 0.6 is 0 Å². The molecule has 0 saturated heterocycles. The van der Waals surface area contributed by atoms with E-state index in [0.717, 1.165) is 6.42 Å². The molecule has 12 heteroatoms. The first-order valence-electron chi connectivity index (χ1n) is 13.5. The number of fused-ring (bicyclic) bond motifs is 3. The van der Waals surface area contributed by atoms with E-state index in [-0.39, 0.29) is 43.7 Å². The van der Waals surface area contributed by atoms with Crippen molar-refractivity contribution in [2.45, 2.75) is 32.4 Å². The SMILES string of the molecule is CCCOCCNC(=O)c1ccc2c3c(oc2c1)C(=O)N(CCOC)C(C)(C(=O)NCc1ncccc1OC)CO3. The lowest BCUT2D eigenvalue weighted by Gasteiger charge is -2.37. The maximum Gasteiger partial charge on any atom is 0.294 e. The van der Waals surface area contributed by atoms with Crippen LogP contribution < -0.4 is 20.1 Å². The van der Waals surface area contributed by atoms with Gasteiger partial charge in [-0.3, -0.25) is 19.4 Å². The van der Waals surface area contributed by atoms with Gasteiger partial charge in [0, 0.05) is 38.6 Å². The zero-order valence-electron chi connectivity index (χ0n) is 23.8. The monoisotopic (exact) mass is 568 g/mol. The van der Waals surface area contributed by atoms with Crippen LogP contribution in [0.25, 0.3) is 11.0 Å². The number of carbonyl (C=O) groups is 3. The van der Waals surface area contributed by atoms with E-state index >= 15 is 0 Å². The number of methoxy groups -OCH3 is 2. The summed E-state index contributed by atoms with van der Waals surface area (Å²) >= 11 is 0. The summed E-state index contributed by atoms with van der Waals surface area (Å²) < 4.78 is 28.0. The molecule has 0 aliphatic carbocycles. The molecular weight excluding hydrogens is 532 g/mol. The molecule has 0 bridgehead atoms. The Morgan fingerprint density at radius 2 is 1.98 bits per heavy atom. The third-order valence-corrected chi connectivity index (χ3v) is 6.81. The van der Waals surface area contributed by atoms with Gasteiger partial charge in [0.25, 0.3) is 11.8 Å². The Kier molecular flexibility index (Phi) is 9.79. The second-order valence-corrected chi connectivity index (χ2v) is 9.69. The van der Waals surface area contributed by atoms with E-state index < -0.39 is 17.4 Å². The fraction of sp³-hybridized carbons (Fsp3) is 0.448. The van der Waals surface area contributed by atoms with Gasteiger partial charge in [-0.1, -0.05) is 6.92 Å². The summed E-state index contributed by atoms with van der Waals surface area (Å²) in [4.78, 5) is 45.7. The molecule has 3 aromatic rings. The summed E-state index contributed by atoms with van der Waals surface area (Å²) in [5.41, 5.74) is -0.164. The van der Waals surface area contributed by atoms with E-state index in [4.69, 9.17) is 23.4 Å². The molecule has 2 aromatic heterocycles. The zero-order chi connectivity index (χ0) is 29.4. The second kappa shape index (κ2) is 13.5. The predicted molar refractivity (Wildman–Crippen MR) is 149 cm³/mol. The lowest BCUT2D eigenvalue weighted by molar-refractivity contribution is -0.133. The average molecular weight is 569 g/mol. The Morgan fingerprint density at radius 1 is 1.15 bits per heavy atom. The lowest BCUT2D eigenvalue weighted by Crippen LogP contribution is -2.61. The van der Waals surface area contributed by atoms with Gasteiger partial charge in [0.15, 0.2) is 11.3 Å². The van der Waals surface area contributed by atoms with Crippen LogP contribution in [0, 0.1) is 0 Å². The maximum absolute atomic E-state index is 13.8. The highest BCUT2D eigenvalue weighted by Crippen LogP contribution is 2.38. The highest BCUT2D eigenvalue weighted by molar-refractivity contribution is 6.06. The summed E-state index contributed by atoms with van der Waals surface area (Å²) in [5, 5.41) is 6.19. The molecule has 220 valence electrons. The van der Waals surface area contributed by atoms with Crippen molar-refractivity contribution in [3.05, 3.63) is 53.5 Å². The van der Waals surface area contributed by atoms with Crippen molar-refractivity contribution in [1.82, 2.24) is 20.5 Å². The molecule has 1 aliphatic heterocycles. The Morgan fingerprint density at radius 3 is 2.73 bits per heavy atom. The number of rotatable bonds is 13. The minimum Gasteiger partial charge on any atom is -0.495 e. The second-order valence-electron chi connectivity index (χ2n) is 9.69. The number of nitrogens with one attached hydrogen (secondary N) is 2. The molecule has 41 heavy (non-hydrogen) atoms. The highest BCUT2D eigenvalue weighted by Gasteiger charge is 2.47. The molecule has 1 aliphatic rings. The van der Waals surface area contributed by atoms with Crippen molar-refractivity contribution < 1.29 is 37.7 Å². The number of aromatic nitrogens is 1.